The molecule has 0 spiro atoms. The number of amides is 1. The van der Waals surface area contributed by atoms with E-state index in [0.29, 0.717) is 30.5 Å². The first-order chi connectivity index (χ1) is 11.1. The lowest BCUT2D eigenvalue weighted by Gasteiger charge is -2.19. The van der Waals surface area contributed by atoms with E-state index >= 15 is 0 Å². The van der Waals surface area contributed by atoms with Gasteiger partial charge in [0.1, 0.15) is 11.8 Å². The number of likely N-dealkylation sites (tertiary alicyclic amines) is 1. The second-order valence-corrected chi connectivity index (χ2v) is 5.70. The summed E-state index contributed by atoms with van der Waals surface area (Å²) in [6.07, 6.45) is 5.56. The number of carbonyl (C=O) groups is 1. The molecule has 122 valence electrons. The van der Waals surface area contributed by atoms with E-state index in [1.165, 1.54) is 0 Å². The zero-order chi connectivity index (χ0) is 16.4. The molecule has 2 aromatic rings. The molecule has 1 aliphatic heterocycles. The highest BCUT2D eigenvalue weighted by Gasteiger charge is 2.30. The SMILES string of the molecule is CN(C)c1nccnc1OC1CCN(C(=O)c2ccnn2C)C1. The van der Waals surface area contributed by atoms with Crippen LogP contribution in [0.15, 0.2) is 24.7 Å². The third kappa shape index (κ3) is 3.10. The fourth-order valence-corrected chi connectivity index (χ4v) is 2.62. The zero-order valence-corrected chi connectivity index (χ0v) is 13.5. The molecule has 0 aromatic carbocycles. The van der Waals surface area contributed by atoms with Gasteiger partial charge in [0.25, 0.3) is 11.8 Å². The van der Waals surface area contributed by atoms with Crippen LogP contribution < -0.4 is 9.64 Å². The number of nitrogens with zero attached hydrogens (tertiary/aromatic N) is 6. The van der Waals surface area contributed by atoms with Gasteiger partial charge in [-0.1, -0.05) is 0 Å². The van der Waals surface area contributed by atoms with Gasteiger partial charge in [0.05, 0.1) is 6.54 Å². The highest BCUT2D eigenvalue weighted by atomic mass is 16.5. The molecular formula is C15H20N6O2. The fourth-order valence-electron chi connectivity index (χ4n) is 2.62. The van der Waals surface area contributed by atoms with E-state index in [1.54, 1.807) is 41.3 Å². The average Bonchev–Trinajstić information content (AvgIpc) is 3.16. The van der Waals surface area contributed by atoms with Gasteiger partial charge in [0, 0.05) is 52.7 Å². The minimum absolute atomic E-state index is 0.0249. The largest absolute Gasteiger partial charge is 0.470 e. The molecule has 1 saturated heterocycles. The van der Waals surface area contributed by atoms with Crippen LogP contribution in [0.25, 0.3) is 0 Å². The monoisotopic (exact) mass is 316 g/mol. The molecule has 0 aliphatic carbocycles. The lowest BCUT2D eigenvalue weighted by atomic mass is 10.3. The zero-order valence-electron chi connectivity index (χ0n) is 13.5. The summed E-state index contributed by atoms with van der Waals surface area (Å²) in [6.45, 7) is 1.19. The molecule has 2 aromatic heterocycles. The van der Waals surface area contributed by atoms with Gasteiger partial charge in [-0.2, -0.15) is 5.10 Å². The van der Waals surface area contributed by atoms with Gasteiger partial charge in [-0.3, -0.25) is 9.48 Å². The Hall–Kier alpha value is -2.64. The van der Waals surface area contributed by atoms with Crippen molar-refractivity contribution < 1.29 is 9.53 Å². The number of aromatic nitrogens is 4. The second-order valence-electron chi connectivity index (χ2n) is 5.70. The van der Waals surface area contributed by atoms with Crippen LogP contribution >= 0.6 is 0 Å². The minimum Gasteiger partial charge on any atom is -0.470 e. The molecule has 23 heavy (non-hydrogen) atoms. The van der Waals surface area contributed by atoms with Gasteiger partial charge >= 0.3 is 0 Å². The molecule has 8 heteroatoms. The summed E-state index contributed by atoms with van der Waals surface area (Å²) in [6, 6.07) is 1.73. The maximum Gasteiger partial charge on any atom is 0.272 e. The Balaban J connectivity index is 1.67. The van der Waals surface area contributed by atoms with Crippen LogP contribution in [0.2, 0.25) is 0 Å². The summed E-state index contributed by atoms with van der Waals surface area (Å²) < 4.78 is 7.55. The Bertz CT molecular complexity index is 699. The van der Waals surface area contributed by atoms with Gasteiger partial charge in [0.2, 0.25) is 0 Å². The van der Waals surface area contributed by atoms with Crippen molar-refractivity contribution in [3.63, 3.8) is 0 Å². The summed E-state index contributed by atoms with van der Waals surface area (Å²) in [4.78, 5) is 24.6. The predicted molar refractivity (Wildman–Crippen MR) is 84.5 cm³/mol. The van der Waals surface area contributed by atoms with E-state index in [0.717, 1.165) is 6.42 Å². The first kappa shape index (κ1) is 15.3. The Kier molecular flexibility index (Phi) is 4.14. The topological polar surface area (TPSA) is 76.4 Å². The number of ether oxygens (including phenoxy) is 1. The van der Waals surface area contributed by atoms with E-state index in [9.17, 15) is 4.79 Å². The van der Waals surface area contributed by atoms with Gasteiger partial charge in [-0.25, -0.2) is 9.97 Å². The fraction of sp³-hybridized carbons (Fsp3) is 0.467. The number of anilines is 1. The van der Waals surface area contributed by atoms with Crippen molar-refractivity contribution in [2.45, 2.75) is 12.5 Å². The van der Waals surface area contributed by atoms with Gasteiger partial charge in [-0.15, -0.1) is 0 Å². The first-order valence-electron chi connectivity index (χ1n) is 7.48. The van der Waals surface area contributed by atoms with Crippen LogP contribution in [-0.2, 0) is 7.05 Å². The Morgan fingerprint density at radius 2 is 2.09 bits per heavy atom. The summed E-state index contributed by atoms with van der Waals surface area (Å²) in [7, 11) is 5.55. The smallest absolute Gasteiger partial charge is 0.272 e. The molecule has 8 nitrogen and oxygen atoms in total. The second kappa shape index (κ2) is 6.23. The normalized spacial score (nSPS) is 17.3. The third-order valence-electron chi connectivity index (χ3n) is 3.82. The van der Waals surface area contributed by atoms with E-state index in [-0.39, 0.29) is 12.0 Å². The van der Waals surface area contributed by atoms with Crippen molar-refractivity contribution in [2.75, 3.05) is 32.1 Å². The molecular weight excluding hydrogens is 296 g/mol. The van der Waals surface area contributed by atoms with E-state index in [1.807, 2.05) is 19.0 Å². The number of rotatable bonds is 4. The Morgan fingerprint density at radius 1 is 1.30 bits per heavy atom. The number of carbonyl (C=O) groups excluding carboxylic acids is 1. The molecule has 1 aliphatic rings. The third-order valence-corrected chi connectivity index (χ3v) is 3.82. The number of hydrogen-bond donors (Lipinski definition) is 0. The predicted octanol–water partition coefficient (Wildman–Crippen LogP) is 0.570. The molecule has 1 atom stereocenters. The van der Waals surface area contributed by atoms with Gasteiger partial charge < -0.3 is 14.5 Å². The number of hydrogen-bond acceptors (Lipinski definition) is 6. The molecule has 1 fully saturated rings. The quantitative estimate of drug-likeness (QED) is 0.821. The Morgan fingerprint density at radius 3 is 2.78 bits per heavy atom. The van der Waals surface area contributed by atoms with Crippen LogP contribution in [0.4, 0.5) is 5.82 Å². The maximum atomic E-state index is 12.5. The van der Waals surface area contributed by atoms with Gasteiger partial charge in [0.15, 0.2) is 5.82 Å². The standard InChI is InChI=1S/C15H20N6O2/c1-19(2)13-14(17-8-7-16-13)23-11-5-9-21(10-11)15(22)12-4-6-18-20(12)3/h4,6-8,11H,5,9-10H2,1-3H3. The van der Waals surface area contributed by atoms with Crippen molar-refractivity contribution >= 4 is 11.7 Å². The maximum absolute atomic E-state index is 12.5. The van der Waals surface area contributed by atoms with Crippen LogP contribution in [0.1, 0.15) is 16.9 Å². The molecule has 0 N–H and O–H groups in total. The molecule has 0 saturated carbocycles. The van der Waals surface area contributed by atoms with E-state index in [2.05, 4.69) is 15.1 Å². The Labute approximate surface area is 134 Å². The number of aryl methyl sites for hydroxylation is 1. The lowest BCUT2D eigenvalue weighted by molar-refractivity contribution is 0.0760. The summed E-state index contributed by atoms with van der Waals surface area (Å²) in [5.74, 6) is 1.16. The van der Waals surface area contributed by atoms with Crippen molar-refractivity contribution in [1.82, 2.24) is 24.6 Å². The van der Waals surface area contributed by atoms with Crippen LogP contribution in [0, 0.1) is 0 Å². The lowest BCUT2D eigenvalue weighted by Crippen LogP contribution is -2.32. The average molecular weight is 316 g/mol. The highest BCUT2D eigenvalue weighted by molar-refractivity contribution is 5.92. The molecule has 0 bridgehead atoms. The highest BCUT2D eigenvalue weighted by Crippen LogP contribution is 2.24. The van der Waals surface area contributed by atoms with Crippen molar-refractivity contribution in [3.8, 4) is 5.88 Å². The summed E-state index contributed by atoms with van der Waals surface area (Å²) in [5.41, 5.74) is 0.583. The summed E-state index contributed by atoms with van der Waals surface area (Å²) >= 11 is 0. The molecule has 1 unspecified atom stereocenters. The first-order valence-corrected chi connectivity index (χ1v) is 7.48. The van der Waals surface area contributed by atoms with E-state index in [4.69, 9.17) is 4.74 Å². The van der Waals surface area contributed by atoms with Crippen molar-refractivity contribution in [1.29, 1.82) is 0 Å². The van der Waals surface area contributed by atoms with E-state index < -0.39 is 0 Å². The van der Waals surface area contributed by atoms with Crippen LogP contribution in [0.3, 0.4) is 0 Å². The van der Waals surface area contributed by atoms with Crippen molar-refractivity contribution in [3.05, 3.63) is 30.4 Å². The molecule has 1 amide bonds. The molecule has 3 rings (SSSR count). The molecule has 0 radical (unpaired) electrons. The van der Waals surface area contributed by atoms with Crippen molar-refractivity contribution in [2.24, 2.45) is 7.05 Å². The molecule has 3 heterocycles. The van der Waals surface area contributed by atoms with Crippen LogP contribution in [-0.4, -0.2) is 63.8 Å². The summed E-state index contributed by atoms with van der Waals surface area (Å²) in [5, 5.41) is 4.04. The van der Waals surface area contributed by atoms with Gasteiger partial charge in [-0.05, 0) is 6.07 Å². The minimum atomic E-state index is -0.0809. The van der Waals surface area contributed by atoms with Crippen LogP contribution in [0.5, 0.6) is 5.88 Å².